The van der Waals surface area contributed by atoms with Gasteiger partial charge in [0.05, 0.1) is 0 Å². The van der Waals surface area contributed by atoms with Crippen LogP contribution < -0.4 is 5.32 Å². The average Bonchev–Trinajstić information content (AvgIpc) is 3.27. The highest BCUT2D eigenvalue weighted by molar-refractivity contribution is 5.19. The zero-order chi connectivity index (χ0) is 12.9. The van der Waals surface area contributed by atoms with Gasteiger partial charge in [-0.25, -0.2) is 0 Å². The third kappa shape index (κ3) is 3.80. The van der Waals surface area contributed by atoms with Crippen molar-refractivity contribution < 1.29 is 0 Å². The fourth-order valence-electron chi connectivity index (χ4n) is 3.11. The Morgan fingerprint density at radius 1 is 1.00 bits per heavy atom. The molecule has 1 aliphatic heterocycles. The molecule has 1 atom stereocenters. The first-order valence-corrected chi connectivity index (χ1v) is 7.96. The normalized spacial score (nSPS) is 22.9. The van der Waals surface area contributed by atoms with Crippen LogP contribution >= 0.6 is 0 Å². The van der Waals surface area contributed by atoms with Crippen LogP contribution in [0.25, 0.3) is 0 Å². The fraction of sp³-hybridized carbons (Fsp3) is 0.647. The van der Waals surface area contributed by atoms with E-state index in [-0.39, 0.29) is 0 Å². The molecule has 1 saturated carbocycles. The zero-order valence-electron chi connectivity index (χ0n) is 11.9. The third-order valence-corrected chi connectivity index (χ3v) is 4.44. The van der Waals surface area contributed by atoms with Crippen molar-refractivity contribution >= 4 is 0 Å². The van der Waals surface area contributed by atoms with Crippen LogP contribution in [0.15, 0.2) is 30.3 Å². The molecule has 0 aromatic heterocycles. The molecular formula is C17H26N2. The monoisotopic (exact) mass is 258 g/mol. The van der Waals surface area contributed by atoms with Gasteiger partial charge in [-0.05, 0) is 44.3 Å². The van der Waals surface area contributed by atoms with E-state index in [0.717, 1.165) is 12.6 Å². The molecule has 1 unspecified atom stereocenters. The topological polar surface area (TPSA) is 15.3 Å². The quantitative estimate of drug-likeness (QED) is 0.871. The molecule has 1 N–H and O–H groups in total. The summed E-state index contributed by atoms with van der Waals surface area (Å²) < 4.78 is 0. The molecule has 3 rings (SSSR count). The molecule has 1 saturated heterocycles. The summed E-state index contributed by atoms with van der Waals surface area (Å²) in [6, 6.07) is 12.4. The second-order valence-corrected chi connectivity index (χ2v) is 6.06. The molecule has 2 fully saturated rings. The Labute approximate surface area is 117 Å². The van der Waals surface area contributed by atoms with Gasteiger partial charge in [0.15, 0.2) is 0 Å². The Bertz CT molecular complexity index is 364. The van der Waals surface area contributed by atoms with E-state index in [4.69, 9.17) is 0 Å². The summed E-state index contributed by atoms with van der Waals surface area (Å²) in [6.45, 7) is 3.66. The predicted molar refractivity (Wildman–Crippen MR) is 80.2 cm³/mol. The second kappa shape index (κ2) is 6.53. The molecule has 2 aliphatic rings. The summed E-state index contributed by atoms with van der Waals surface area (Å²) in [5, 5.41) is 3.73. The van der Waals surface area contributed by atoms with Crippen molar-refractivity contribution in [2.75, 3.05) is 19.6 Å². The highest BCUT2D eigenvalue weighted by Gasteiger charge is 2.25. The van der Waals surface area contributed by atoms with Gasteiger partial charge in [0.1, 0.15) is 0 Å². The van der Waals surface area contributed by atoms with Crippen molar-refractivity contribution in [3.63, 3.8) is 0 Å². The number of benzene rings is 1. The van der Waals surface area contributed by atoms with Crippen LogP contribution in [0.5, 0.6) is 0 Å². The lowest BCUT2D eigenvalue weighted by Crippen LogP contribution is -2.37. The van der Waals surface area contributed by atoms with Gasteiger partial charge in [0.25, 0.3) is 0 Å². The van der Waals surface area contributed by atoms with E-state index in [9.17, 15) is 0 Å². The minimum Gasteiger partial charge on any atom is -0.312 e. The van der Waals surface area contributed by atoms with Crippen LogP contribution in [0.3, 0.4) is 0 Å². The zero-order valence-corrected chi connectivity index (χ0v) is 11.9. The van der Waals surface area contributed by atoms with E-state index in [1.807, 2.05) is 0 Å². The molecule has 104 valence electrons. The van der Waals surface area contributed by atoms with Crippen molar-refractivity contribution in [2.45, 2.75) is 50.6 Å². The van der Waals surface area contributed by atoms with Crippen LogP contribution in [-0.2, 0) is 0 Å². The van der Waals surface area contributed by atoms with Gasteiger partial charge < -0.3 is 5.32 Å². The van der Waals surface area contributed by atoms with E-state index in [2.05, 4.69) is 40.5 Å². The van der Waals surface area contributed by atoms with Crippen LogP contribution in [0.2, 0.25) is 0 Å². The lowest BCUT2D eigenvalue weighted by Gasteiger charge is -2.31. The third-order valence-electron chi connectivity index (χ3n) is 4.44. The van der Waals surface area contributed by atoms with E-state index in [1.54, 1.807) is 0 Å². The highest BCUT2D eigenvalue weighted by Crippen LogP contribution is 2.26. The first kappa shape index (κ1) is 13.1. The van der Waals surface area contributed by atoms with Crippen molar-refractivity contribution in [1.82, 2.24) is 10.2 Å². The smallest absolute Gasteiger partial charge is 0.0472 e. The average molecular weight is 258 g/mol. The molecule has 1 aliphatic carbocycles. The summed E-state index contributed by atoms with van der Waals surface area (Å²) in [5.41, 5.74) is 1.48. The largest absolute Gasteiger partial charge is 0.312 e. The molecule has 0 bridgehead atoms. The van der Waals surface area contributed by atoms with E-state index in [0.29, 0.717) is 6.04 Å². The van der Waals surface area contributed by atoms with Gasteiger partial charge in [-0.2, -0.15) is 0 Å². The number of nitrogens with zero attached hydrogens (tertiary/aromatic N) is 1. The van der Waals surface area contributed by atoms with Crippen molar-refractivity contribution in [1.29, 1.82) is 0 Å². The minimum absolute atomic E-state index is 0.569. The Hall–Kier alpha value is -0.860. The van der Waals surface area contributed by atoms with Crippen molar-refractivity contribution in [3.05, 3.63) is 35.9 Å². The van der Waals surface area contributed by atoms with Crippen LogP contribution in [0, 0.1) is 0 Å². The maximum atomic E-state index is 3.73. The second-order valence-electron chi connectivity index (χ2n) is 6.06. The first-order valence-electron chi connectivity index (χ1n) is 7.96. The van der Waals surface area contributed by atoms with Gasteiger partial charge >= 0.3 is 0 Å². The lowest BCUT2D eigenvalue weighted by molar-refractivity contribution is 0.199. The van der Waals surface area contributed by atoms with Crippen LogP contribution in [0.4, 0.5) is 0 Å². The minimum atomic E-state index is 0.569. The number of hydrogen-bond acceptors (Lipinski definition) is 2. The molecule has 2 heteroatoms. The molecule has 1 aromatic rings. The van der Waals surface area contributed by atoms with Gasteiger partial charge in [0, 0.05) is 18.6 Å². The Morgan fingerprint density at radius 3 is 2.32 bits per heavy atom. The molecule has 0 amide bonds. The SMILES string of the molecule is c1ccc(C(CNC2CC2)N2CCCCCC2)cc1. The summed E-state index contributed by atoms with van der Waals surface area (Å²) in [4.78, 5) is 2.71. The predicted octanol–water partition coefficient (Wildman–Crippen LogP) is 3.36. The maximum Gasteiger partial charge on any atom is 0.0472 e. The first-order chi connectivity index (χ1) is 9.43. The molecule has 1 aromatic carbocycles. The number of hydrogen-bond donors (Lipinski definition) is 1. The Balaban J connectivity index is 1.69. The van der Waals surface area contributed by atoms with E-state index < -0.39 is 0 Å². The summed E-state index contributed by atoms with van der Waals surface area (Å²) in [5.74, 6) is 0. The van der Waals surface area contributed by atoms with Crippen LogP contribution in [0.1, 0.15) is 50.1 Å². The standard InChI is InChI=1S/C17H26N2/c1-2-7-13-19(12-6-1)17(14-18-16-10-11-16)15-8-4-3-5-9-15/h3-5,8-9,16-18H,1-2,6-7,10-14H2. The van der Waals surface area contributed by atoms with Crippen molar-refractivity contribution in [2.24, 2.45) is 0 Å². The van der Waals surface area contributed by atoms with Gasteiger partial charge in [-0.1, -0.05) is 43.2 Å². The molecule has 0 spiro atoms. The van der Waals surface area contributed by atoms with Gasteiger partial charge in [0.2, 0.25) is 0 Å². The number of nitrogens with one attached hydrogen (secondary N) is 1. The maximum absolute atomic E-state index is 3.73. The van der Waals surface area contributed by atoms with Gasteiger partial charge in [-0.3, -0.25) is 4.90 Å². The number of rotatable bonds is 5. The molecule has 1 heterocycles. The molecule has 0 radical (unpaired) electrons. The number of likely N-dealkylation sites (tertiary alicyclic amines) is 1. The van der Waals surface area contributed by atoms with Crippen molar-refractivity contribution in [3.8, 4) is 0 Å². The Kier molecular flexibility index (Phi) is 4.52. The fourth-order valence-corrected chi connectivity index (χ4v) is 3.11. The van der Waals surface area contributed by atoms with E-state index >= 15 is 0 Å². The molecular weight excluding hydrogens is 232 g/mol. The summed E-state index contributed by atoms with van der Waals surface area (Å²) >= 11 is 0. The van der Waals surface area contributed by atoms with Gasteiger partial charge in [-0.15, -0.1) is 0 Å². The summed E-state index contributed by atoms with van der Waals surface area (Å²) in [7, 11) is 0. The van der Waals surface area contributed by atoms with Crippen LogP contribution in [-0.4, -0.2) is 30.6 Å². The highest BCUT2D eigenvalue weighted by atomic mass is 15.2. The Morgan fingerprint density at radius 2 is 1.68 bits per heavy atom. The molecule has 19 heavy (non-hydrogen) atoms. The lowest BCUT2D eigenvalue weighted by atomic mass is 10.0. The van der Waals surface area contributed by atoms with E-state index in [1.165, 1.54) is 57.2 Å². The summed E-state index contributed by atoms with van der Waals surface area (Å²) in [6.07, 6.45) is 8.31. The molecule has 2 nitrogen and oxygen atoms in total.